The SMILES string of the molecule is O=C(CC(O)C(=O)OCc1ccccc1Cl)OCc1ccccc1Cl. The molecule has 7 heteroatoms. The standard InChI is InChI=1S/C18H16Cl2O5/c19-14-7-3-1-5-12(14)10-24-17(22)9-16(21)18(23)25-11-13-6-2-4-8-15(13)20/h1-8,16,21H,9-11H2. The van der Waals surface area contributed by atoms with Crippen LogP contribution in [0.1, 0.15) is 17.5 Å². The number of carbonyl (C=O) groups excluding carboxylic acids is 2. The summed E-state index contributed by atoms with van der Waals surface area (Å²) in [6, 6.07) is 13.8. The van der Waals surface area contributed by atoms with E-state index in [-0.39, 0.29) is 13.2 Å². The van der Waals surface area contributed by atoms with E-state index in [0.29, 0.717) is 21.2 Å². The lowest BCUT2D eigenvalue weighted by molar-refractivity contribution is -0.161. The molecule has 25 heavy (non-hydrogen) atoms. The summed E-state index contributed by atoms with van der Waals surface area (Å²) in [5.74, 6) is -1.66. The predicted molar refractivity (Wildman–Crippen MR) is 93.1 cm³/mol. The Bertz CT molecular complexity index is 748. The molecular weight excluding hydrogens is 367 g/mol. The Hall–Kier alpha value is -2.08. The molecule has 0 radical (unpaired) electrons. The summed E-state index contributed by atoms with van der Waals surface area (Å²) in [5.41, 5.74) is 1.24. The normalized spacial score (nSPS) is 11.6. The first-order valence-corrected chi connectivity index (χ1v) is 8.20. The van der Waals surface area contributed by atoms with E-state index in [0.717, 1.165) is 0 Å². The van der Waals surface area contributed by atoms with Crippen molar-refractivity contribution >= 4 is 35.1 Å². The Labute approximate surface area is 155 Å². The van der Waals surface area contributed by atoms with Gasteiger partial charge in [-0.3, -0.25) is 4.79 Å². The smallest absolute Gasteiger partial charge is 0.335 e. The van der Waals surface area contributed by atoms with Crippen molar-refractivity contribution in [3.63, 3.8) is 0 Å². The van der Waals surface area contributed by atoms with Gasteiger partial charge in [0.1, 0.15) is 13.2 Å². The summed E-state index contributed by atoms with van der Waals surface area (Å²) >= 11 is 11.9. The van der Waals surface area contributed by atoms with Crippen LogP contribution in [0.5, 0.6) is 0 Å². The average Bonchev–Trinajstić information content (AvgIpc) is 2.60. The summed E-state index contributed by atoms with van der Waals surface area (Å²) in [6.07, 6.45) is -2.12. The van der Waals surface area contributed by atoms with Crippen molar-refractivity contribution in [1.82, 2.24) is 0 Å². The summed E-state index contributed by atoms with van der Waals surface area (Å²) in [4.78, 5) is 23.5. The molecule has 0 aliphatic rings. The van der Waals surface area contributed by atoms with Gasteiger partial charge in [0.25, 0.3) is 0 Å². The van der Waals surface area contributed by atoms with E-state index >= 15 is 0 Å². The van der Waals surface area contributed by atoms with E-state index in [1.54, 1.807) is 48.5 Å². The fourth-order valence-corrected chi connectivity index (χ4v) is 2.31. The molecule has 0 bridgehead atoms. The molecular formula is C18H16Cl2O5. The molecule has 0 spiro atoms. The molecule has 0 amide bonds. The maximum absolute atomic E-state index is 11.7. The van der Waals surface area contributed by atoms with Crippen LogP contribution >= 0.6 is 23.2 Å². The van der Waals surface area contributed by atoms with E-state index in [4.69, 9.17) is 32.7 Å². The van der Waals surface area contributed by atoms with Gasteiger partial charge in [-0.15, -0.1) is 0 Å². The summed E-state index contributed by atoms with van der Waals surface area (Å²) in [7, 11) is 0. The summed E-state index contributed by atoms with van der Waals surface area (Å²) in [5, 5.41) is 10.7. The number of aliphatic hydroxyl groups excluding tert-OH is 1. The van der Waals surface area contributed by atoms with Gasteiger partial charge in [-0.1, -0.05) is 59.6 Å². The number of hydrogen-bond donors (Lipinski definition) is 1. The Morgan fingerprint density at radius 1 is 0.880 bits per heavy atom. The van der Waals surface area contributed by atoms with Crippen molar-refractivity contribution in [3.05, 3.63) is 69.7 Å². The molecule has 5 nitrogen and oxygen atoms in total. The quantitative estimate of drug-likeness (QED) is 0.741. The highest BCUT2D eigenvalue weighted by Crippen LogP contribution is 2.17. The van der Waals surface area contributed by atoms with E-state index in [2.05, 4.69) is 0 Å². The molecule has 0 heterocycles. The van der Waals surface area contributed by atoms with Crippen molar-refractivity contribution in [3.8, 4) is 0 Å². The summed E-state index contributed by atoms with van der Waals surface area (Å²) < 4.78 is 9.95. The number of esters is 2. The highest BCUT2D eigenvalue weighted by atomic mass is 35.5. The van der Waals surface area contributed by atoms with Crippen LogP contribution in [-0.2, 0) is 32.3 Å². The third-order valence-electron chi connectivity index (χ3n) is 3.31. The van der Waals surface area contributed by atoms with Gasteiger partial charge in [0.2, 0.25) is 0 Å². The molecule has 1 atom stereocenters. The predicted octanol–water partition coefficient (Wildman–Crippen LogP) is 3.53. The largest absolute Gasteiger partial charge is 0.461 e. The molecule has 0 aromatic heterocycles. The second-order valence-electron chi connectivity index (χ2n) is 5.17. The third kappa shape index (κ3) is 6.05. The molecule has 0 aliphatic heterocycles. The van der Waals surface area contributed by atoms with Gasteiger partial charge in [0.05, 0.1) is 6.42 Å². The van der Waals surface area contributed by atoms with Gasteiger partial charge in [-0.25, -0.2) is 4.79 Å². The molecule has 0 saturated heterocycles. The lowest BCUT2D eigenvalue weighted by Gasteiger charge is -2.11. The number of aliphatic hydroxyl groups is 1. The van der Waals surface area contributed by atoms with Crippen LogP contribution in [0.4, 0.5) is 0 Å². The Morgan fingerprint density at radius 3 is 1.88 bits per heavy atom. The number of benzene rings is 2. The molecule has 0 saturated carbocycles. The van der Waals surface area contributed by atoms with Crippen LogP contribution in [0.2, 0.25) is 10.0 Å². The first-order chi connectivity index (χ1) is 12.0. The van der Waals surface area contributed by atoms with Crippen molar-refractivity contribution in [2.75, 3.05) is 0 Å². The van der Waals surface area contributed by atoms with Gasteiger partial charge in [0.15, 0.2) is 6.10 Å². The monoisotopic (exact) mass is 382 g/mol. The number of halogens is 2. The van der Waals surface area contributed by atoms with E-state index in [9.17, 15) is 14.7 Å². The Balaban J connectivity index is 1.77. The van der Waals surface area contributed by atoms with Gasteiger partial charge in [0, 0.05) is 21.2 Å². The Morgan fingerprint density at radius 2 is 1.36 bits per heavy atom. The molecule has 132 valence electrons. The number of carbonyl (C=O) groups is 2. The minimum atomic E-state index is -1.61. The van der Waals surface area contributed by atoms with E-state index in [1.165, 1.54) is 0 Å². The molecule has 0 aliphatic carbocycles. The highest BCUT2D eigenvalue weighted by Gasteiger charge is 2.22. The fraction of sp³-hybridized carbons (Fsp3) is 0.222. The first kappa shape index (κ1) is 19.2. The number of ether oxygens (including phenoxy) is 2. The van der Waals surface area contributed by atoms with Gasteiger partial charge < -0.3 is 14.6 Å². The lowest BCUT2D eigenvalue weighted by Crippen LogP contribution is -2.26. The maximum Gasteiger partial charge on any atom is 0.335 e. The van der Waals surface area contributed by atoms with E-state index in [1.807, 2.05) is 0 Å². The van der Waals surface area contributed by atoms with Crippen molar-refractivity contribution in [2.45, 2.75) is 25.7 Å². The molecule has 0 fully saturated rings. The zero-order valence-corrected chi connectivity index (χ0v) is 14.7. The zero-order valence-electron chi connectivity index (χ0n) is 13.2. The molecule has 1 N–H and O–H groups in total. The van der Waals surface area contributed by atoms with Crippen molar-refractivity contribution in [1.29, 1.82) is 0 Å². The minimum absolute atomic E-state index is 0.0418. The van der Waals surface area contributed by atoms with Crippen LogP contribution in [0.25, 0.3) is 0 Å². The van der Waals surface area contributed by atoms with Crippen molar-refractivity contribution in [2.24, 2.45) is 0 Å². The van der Waals surface area contributed by atoms with Gasteiger partial charge in [-0.05, 0) is 12.1 Å². The molecule has 2 rings (SSSR count). The van der Waals surface area contributed by atoms with Gasteiger partial charge >= 0.3 is 11.9 Å². The van der Waals surface area contributed by atoms with Crippen LogP contribution < -0.4 is 0 Å². The topological polar surface area (TPSA) is 72.8 Å². The van der Waals surface area contributed by atoms with E-state index < -0.39 is 24.5 Å². The van der Waals surface area contributed by atoms with Crippen LogP contribution in [0, 0.1) is 0 Å². The Kier molecular flexibility index (Phi) is 7.25. The maximum atomic E-state index is 11.7. The first-order valence-electron chi connectivity index (χ1n) is 7.44. The lowest BCUT2D eigenvalue weighted by atomic mass is 10.2. The average molecular weight is 383 g/mol. The van der Waals surface area contributed by atoms with Crippen LogP contribution in [-0.4, -0.2) is 23.1 Å². The summed E-state index contributed by atoms with van der Waals surface area (Å²) in [6.45, 7) is -0.135. The molecule has 2 aromatic rings. The number of hydrogen-bond acceptors (Lipinski definition) is 5. The molecule has 2 aromatic carbocycles. The fourth-order valence-electron chi connectivity index (χ4n) is 1.93. The second-order valence-corrected chi connectivity index (χ2v) is 5.99. The number of rotatable bonds is 7. The van der Waals surface area contributed by atoms with Crippen molar-refractivity contribution < 1.29 is 24.2 Å². The minimum Gasteiger partial charge on any atom is -0.461 e. The molecule has 1 unspecified atom stereocenters. The van der Waals surface area contributed by atoms with Crippen LogP contribution in [0.3, 0.4) is 0 Å². The second kappa shape index (κ2) is 9.42. The zero-order chi connectivity index (χ0) is 18.2. The van der Waals surface area contributed by atoms with Crippen LogP contribution in [0.15, 0.2) is 48.5 Å². The highest BCUT2D eigenvalue weighted by molar-refractivity contribution is 6.31. The third-order valence-corrected chi connectivity index (χ3v) is 4.04. The van der Waals surface area contributed by atoms with Gasteiger partial charge in [-0.2, -0.15) is 0 Å².